The molecule has 5 heteroatoms. The van der Waals surface area contributed by atoms with Gasteiger partial charge in [0.2, 0.25) is 0 Å². The molecule has 0 amide bonds. The lowest BCUT2D eigenvalue weighted by Gasteiger charge is -2.25. The molecule has 0 aliphatic rings. The molecule has 0 aliphatic heterocycles. The highest BCUT2D eigenvalue weighted by molar-refractivity contribution is 6.30. The van der Waals surface area contributed by atoms with Crippen molar-refractivity contribution < 1.29 is 24.5 Å². The second-order valence-corrected chi connectivity index (χ2v) is 6.49. The molecule has 0 aromatic heterocycles. The van der Waals surface area contributed by atoms with Crippen LogP contribution in [0.15, 0.2) is 48.4 Å². The molecule has 2 rings (SSSR count). The molecule has 25 heavy (non-hydrogen) atoms. The molecule has 4 nitrogen and oxygen atoms in total. The number of hydrogen-bond donors (Lipinski definition) is 0. The van der Waals surface area contributed by atoms with Crippen LogP contribution in [0.4, 0.5) is 0 Å². The zero-order valence-corrected chi connectivity index (χ0v) is 15.2. The maximum Gasteiger partial charge on any atom is 0.350 e. The fraction of sp³-hybridized carbons (Fsp3) is 0.300. The molecule has 0 N–H and O–H groups in total. The largest absolute Gasteiger partial charge is 0.476 e. The Morgan fingerprint density at radius 2 is 1.60 bits per heavy atom. The quantitative estimate of drug-likeness (QED) is 0.551. The van der Waals surface area contributed by atoms with Gasteiger partial charge in [-0.25, -0.2) is 4.79 Å². The maximum absolute atomic E-state index is 12.8. The van der Waals surface area contributed by atoms with E-state index in [9.17, 15) is 9.59 Å². The normalized spacial score (nSPS) is 13.5. The van der Waals surface area contributed by atoms with E-state index in [1.165, 1.54) is 24.3 Å². The molecule has 0 atom stereocenters. The SMILES string of the molecule is [2H]c1c([2H])c(C(=O)c2ccc(OC(C)(C)C(=O)OC(C)C)cc2)c([2H])c([2H])c1Cl. The maximum atomic E-state index is 12.8. The van der Waals surface area contributed by atoms with E-state index in [-0.39, 0.29) is 22.3 Å². The standard InChI is InChI=1S/C20H21ClO4/c1-13(2)24-19(23)20(3,4)25-17-11-7-15(8-12-17)18(22)14-5-9-16(21)10-6-14/h5-13H,1-4H3/i5D,6D,9D,10D. The van der Waals surface area contributed by atoms with Crippen LogP contribution in [-0.4, -0.2) is 23.5 Å². The van der Waals surface area contributed by atoms with Gasteiger partial charge >= 0.3 is 5.97 Å². The van der Waals surface area contributed by atoms with Gasteiger partial charge in [-0.1, -0.05) is 11.6 Å². The summed E-state index contributed by atoms with van der Waals surface area (Å²) in [6.07, 6.45) is -0.285. The molecular weight excluding hydrogens is 340 g/mol. The van der Waals surface area contributed by atoms with Gasteiger partial charge in [0, 0.05) is 16.1 Å². The molecule has 2 aromatic rings. The Hall–Kier alpha value is -2.33. The minimum atomic E-state index is -1.24. The first kappa shape index (κ1) is 13.9. The summed E-state index contributed by atoms with van der Waals surface area (Å²) in [6.45, 7) is 6.59. The van der Waals surface area contributed by atoms with Crippen LogP contribution in [0, 0.1) is 0 Å². The van der Waals surface area contributed by atoms with Gasteiger partial charge < -0.3 is 9.47 Å². The minimum Gasteiger partial charge on any atom is -0.476 e. The molecule has 0 saturated heterocycles. The molecule has 0 bridgehead atoms. The van der Waals surface area contributed by atoms with Gasteiger partial charge in [-0.2, -0.15) is 0 Å². The molecule has 0 radical (unpaired) electrons. The van der Waals surface area contributed by atoms with Crippen molar-refractivity contribution in [2.45, 2.75) is 39.4 Å². The Morgan fingerprint density at radius 1 is 1.04 bits per heavy atom. The van der Waals surface area contributed by atoms with E-state index in [1.54, 1.807) is 27.7 Å². The van der Waals surface area contributed by atoms with Crippen molar-refractivity contribution in [1.82, 2.24) is 0 Å². The number of carbonyl (C=O) groups is 2. The van der Waals surface area contributed by atoms with Crippen LogP contribution in [-0.2, 0) is 9.53 Å². The smallest absolute Gasteiger partial charge is 0.350 e. The first-order valence-electron chi connectivity index (χ1n) is 9.67. The average Bonchev–Trinajstić information content (AvgIpc) is 2.64. The fourth-order valence-corrected chi connectivity index (χ4v) is 2.02. The number of halogens is 1. The lowest BCUT2D eigenvalue weighted by Crippen LogP contribution is -2.40. The van der Waals surface area contributed by atoms with Crippen LogP contribution < -0.4 is 4.74 Å². The second-order valence-electron chi connectivity index (χ2n) is 6.11. The summed E-state index contributed by atoms with van der Waals surface area (Å²) < 4.78 is 42.2. The lowest BCUT2D eigenvalue weighted by atomic mass is 10.0. The number of ether oxygens (including phenoxy) is 2. The Labute approximate surface area is 158 Å². The van der Waals surface area contributed by atoms with Crippen molar-refractivity contribution in [2.24, 2.45) is 0 Å². The summed E-state index contributed by atoms with van der Waals surface area (Å²) in [4.78, 5) is 24.9. The highest BCUT2D eigenvalue weighted by atomic mass is 35.5. The fourth-order valence-electron chi connectivity index (χ4n) is 1.92. The van der Waals surface area contributed by atoms with E-state index in [2.05, 4.69) is 0 Å². The van der Waals surface area contributed by atoms with Gasteiger partial charge in [0.1, 0.15) is 5.75 Å². The molecule has 132 valence electrons. The summed E-state index contributed by atoms with van der Waals surface area (Å²) in [5.41, 5.74) is -1.46. The average molecular weight is 365 g/mol. The topological polar surface area (TPSA) is 52.6 Å². The van der Waals surface area contributed by atoms with Gasteiger partial charge in [-0.3, -0.25) is 4.79 Å². The van der Waals surface area contributed by atoms with Crippen molar-refractivity contribution in [3.63, 3.8) is 0 Å². The summed E-state index contributed by atoms with van der Waals surface area (Å²) in [5, 5.41) is -0.337. The van der Waals surface area contributed by atoms with Crippen LogP contribution >= 0.6 is 11.6 Å². The van der Waals surface area contributed by atoms with Crippen molar-refractivity contribution in [3.8, 4) is 5.75 Å². The van der Waals surface area contributed by atoms with Crippen LogP contribution in [0.2, 0.25) is 5.02 Å². The summed E-state index contributed by atoms with van der Waals surface area (Å²) >= 11 is 5.77. The van der Waals surface area contributed by atoms with Gasteiger partial charge in [0.05, 0.1) is 11.6 Å². The van der Waals surface area contributed by atoms with E-state index in [4.69, 9.17) is 26.6 Å². The Morgan fingerprint density at radius 3 is 2.12 bits per heavy atom. The molecule has 0 fully saturated rings. The lowest BCUT2D eigenvalue weighted by molar-refractivity contribution is -0.163. The molecule has 2 aromatic carbocycles. The van der Waals surface area contributed by atoms with Gasteiger partial charge in [0.25, 0.3) is 0 Å². The third-order valence-electron chi connectivity index (χ3n) is 3.15. The van der Waals surface area contributed by atoms with Crippen molar-refractivity contribution in [2.75, 3.05) is 0 Å². The number of hydrogen-bond acceptors (Lipinski definition) is 4. The van der Waals surface area contributed by atoms with Crippen molar-refractivity contribution in [1.29, 1.82) is 0 Å². The number of ketones is 1. The van der Waals surface area contributed by atoms with Crippen molar-refractivity contribution in [3.05, 3.63) is 64.6 Å². The molecule has 0 heterocycles. The monoisotopic (exact) mass is 364 g/mol. The highest BCUT2D eigenvalue weighted by Gasteiger charge is 2.32. The summed E-state index contributed by atoms with van der Waals surface area (Å²) in [6, 6.07) is 3.85. The van der Waals surface area contributed by atoms with Crippen molar-refractivity contribution >= 4 is 23.4 Å². The van der Waals surface area contributed by atoms with Gasteiger partial charge in [0.15, 0.2) is 11.4 Å². The van der Waals surface area contributed by atoms with Crippen LogP contribution in [0.3, 0.4) is 0 Å². The number of rotatable bonds is 6. The van der Waals surface area contributed by atoms with Crippen LogP contribution in [0.1, 0.15) is 49.1 Å². The van der Waals surface area contributed by atoms with E-state index in [0.717, 1.165) is 0 Å². The third-order valence-corrected chi connectivity index (χ3v) is 3.33. The predicted octanol–water partition coefficient (Wildman–Crippen LogP) is 4.68. The predicted molar refractivity (Wildman–Crippen MR) is 97.3 cm³/mol. The summed E-state index contributed by atoms with van der Waals surface area (Å²) in [7, 11) is 0. The van der Waals surface area contributed by atoms with Gasteiger partial charge in [-0.15, -0.1) is 0 Å². The zero-order chi connectivity index (χ0) is 22.1. The number of esters is 1. The summed E-state index contributed by atoms with van der Waals surface area (Å²) in [5.74, 6) is -0.885. The Kier molecular flexibility index (Phi) is 4.28. The van der Waals surface area contributed by atoms with E-state index in [0.29, 0.717) is 5.75 Å². The van der Waals surface area contributed by atoms with E-state index >= 15 is 0 Å². The Bertz CT molecular complexity index is 927. The minimum absolute atomic E-state index is 0.142. The number of carbonyl (C=O) groups excluding carboxylic acids is 2. The van der Waals surface area contributed by atoms with Gasteiger partial charge in [-0.05, 0) is 76.1 Å². The molecule has 0 unspecified atom stereocenters. The first-order valence-corrected chi connectivity index (χ1v) is 8.05. The van der Waals surface area contributed by atoms with Crippen LogP contribution in [0.5, 0.6) is 5.75 Å². The second kappa shape index (κ2) is 7.70. The highest BCUT2D eigenvalue weighted by Crippen LogP contribution is 2.22. The zero-order valence-electron chi connectivity index (χ0n) is 18.4. The van der Waals surface area contributed by atoms with E-state index < -0.39 is 41.5 Å². The molecule has 0 saturated carbocycles. The molecule has 0 aliphatic carbocycles. The first-order chi connectivity index (χ1) is 13.4. The van der Waals surface area contributed by atoms with Crippen LogP contribution in [0.25, 0.3) is 0 Å². The third kappa shape index (κ3) is 5.07. The Balaban J connectivity index is 2.30. The molecule has 0 spiro atoms. The number of benzene rings is 2. The molecular formula is C20H21ClO4. The van der Waals surface area contributed by atoms with E-state index in [1.807, 2.05) is 0 Å².